The number of ether oxygens (including phenoxy) is 2. The fourth-order valence-electron chi connectivity index (χ4n) is 5.20. The summed E-state index contributed by atoms with van der Waals surface area (Å²) < 4.78 is 79.2. The molecule has 0 unspecified atom stereocenters. The predicted octanol–water partition coefficient (Wildman–Crippen LogP) is 6.71. The number of sulfonamides is 1. The van der Waals surface area contributed by atoms with E-state index in [4.69, 9.17) is 21.1 Å². The Kier molecular flexibility index (Phi) is 5.57. The highest BCUT2D eigenvalue weighted by molar-refractivity contribution is 7.92. The number of benzene rings is 3. The van der Waals surface area contributed by atoms with Gasteiger partial charge in [0.15, 0.2) is 11.5 Å². The highest BCUT2D eigenvalue weighted by Crippen LogP contribution is 2.51. The van der Waals surface area contributed by atoms with Crippen molar-refractivity contribution in [1.29, 1.82) is 0 Å². The lowest BCUT2D eigenvalue weighted by Crippen LogP contribution is -2.29. The third-order valence-corrected chi connectivity index (χ3v) is 8.63. The van der Waals surface area contributed by atoms with Gasteiger partial charge in [0, 0.05) is 17.3 Å². The second-order valence-corrected chi connectivity index (χ2v) is 11.2. The second-order valence-electron chi connectivity index (χ2n) is 9.14. The first kappa shape index (κ1) is 24.0. The van der Waals surface area contributed by atoms with Crippen LogP contribution in [0.4, 0.5) is 24.5 Å². The number of anilines is 2. The molecule has 3 aromatic rings. The fourth-order valence-corrected chi connectivity index (χ4v) is 6.51. The van der Waals surface area contributed by atoms with Gasteiger partial charge in [-0.05, 0) is 72.0 Å². The van der Waals surface area contributed by atoms with Crippen LogP contribution in [0.5, 0.6) is 11.5 Å². The van der Waals surface area contributed by atoms with Gasteiger partial charge in [-0.15, -0.1) is 0 Å². The Morgan fingerprint density at radius 1 is 1.00 bits per heavy atom. The molecule has 2 aliphatic heterocycles. The molecule has 0 spiro atoms. The van der Waals surface area contributed by atoms with Gasteiger partial charge in [-0.1, -0.05) is 29.8 Å². The van der Waals surface area contributed by atoms with Crippen molar-refractivity contribution in [3.05, 3.63) is 88.5 Å². The van der Waals surface area contributed by atoms with Crippen LogP contribution in [0.1, 0.15) is 35.1 Å². The molecule has 0 radical (unpaired) electrons. The van der Waals surface area contributed by atoms with Gasteiger partial charge in [0.2, 0.25) is 6.79 Å². The van der Waals surface area contributed by atoms with Crippen LogP contribution in [0.2, 0.25) is 5.02 Å². The van der Waals surface area contributed by atoms with Crippen molar-refractivity contribution in [2.24, 2.45) is 5.92 Å². The molecule has 0 saturated heterocycles. The number of hydrogen-bond acceptors (Lipinski definition) is 5. The van der Waals surface area contributed by atoms with Gasteiger partial charge >= 0.3 is 6.18 Å². The van der Waals surface area contributed by atoms with Gasteiger partial charge < -0.3 is 14.8 Å². The average Bonchev–Trinajstić information content (AvgIpc) is 3.53. The zero-order chi connectivity index (χ0) is 25.9. The van der Waals surface area contributed by atoms with E-state index in [-0.39, 0.29) is 35.3 Å². The maximum absolute atomic E-state index is 13.2. The number of alkyl halides is 3. The van der Waals surface area contributed by atoms with Gasteiger partial charge in [-0.2, -0.15) is 13.2 Å². The maximum Gasteiger partial charge on any atom is 0.417 e. The standard InChI is InChI=1S/C26H20ClF3N2O4S/c27-21-7-5-15(11-20(21)26(28,29)30)32-37(33,34)16-6-8-22-19(12-16)17-2-1-3-18(17)25(31-22)14-4-9-23-24(10-14)36-13-35-23/h1-2,4-12,17-18,25,31-32H,3,13H2/t17-,18+,25+/m0/s1. The first-order valence-electron chi connectivity index (χ1n) is 11.5. The lowest BCUT2D eigenvalue weighted by atomic mass is 9.77. The Hall–Kier alpha value is -3.37. The molecule has 0 aromatic heterocycles. The molecule has 192 valence electrons. The van der Waals surface area contributed by atoms with Crippen molar-refractivity contribution in [3.63, 3.8) is 0 Å². The number of halogens is 4. The van der Waals surface area contributed by atoms with Crippen molar-refractivity contribution in [2.45, 2.75) is 29.5 Å². The molecule has 0 amide bonds. The molecular weight excluding hydrogens is 529 g/mol. The zero-order valence-electron chi connectivity index (χ0n) is 19.1. The normalized spacial score (nSPS) is 21.8. The first-order chi connectivity index (χ1) is 17.6. The summed E-state index contributed by atoms with van der Waals surface area (Å²) in [6.45, 7) is 0.187. The van der Waals surface area contributed by atoms with Crippen LogP contribution in [0.15, 0.2) is 71.6 Å². The molecule has 1 aliphatic carbocycles. The van der Waals surface area contributed by atoms with Gasteiger partial charge in [-0.3, -0.25) is 4.72 Å². The Labute approximate surface area is 216 Å². The van der Waals surface area contributed by atoms with E-state index < -0.39 is 26.8 Å². The largest absolute Gasteiger partial charge is 0.454 e. The molecule has 0 fully saturated rings. The summed E-state index contributed by atoms with van der Waals surface area (Å²) in [6.07, 6.45) is 0.242. The molecule has 2 heterocycles. The van der Waals surface area contributed by atoms with E-state index in [2.05, 4.69) is 22.2 Å². The summed E-state index contributed by atoms with van der Waals surface area (Å²) in [7, 11) is -4.17. The maximum atomic E-state index is 13.2. The Morgan fingerprint density at radius 2 is 1.81 bits per heavy atom. The zero-order valence-corrected chi connectivity index (χ0v) is 20.6. The van der Waals surface area contributed by atoms with Crippen molar-refractivity contribution >= 4 is 33.0 Å². The average molecular weight is 549 g/mol. The van der Waals surface area contributed by atoms with Crippen LogP contribution in [0.25, 0.3) is 0 Å². The Morgan fingerprint density at radius 3 is 2.62 bits per heavy atom. The molecule has 6 nitrogen and oxygen atoms in total. The Balaban J connectivity index is 1.31. The Bertz CT molecular complexity index is 1540. The lowest BCUT2D eigenvalue weighted by Gasteiger charge is -2.37. The summed E-state index contributed by atoms with van der Waals surface area (Å²) in [4.78, 5) is -0.0443. The number of rotatable bonds is 4. The number of hydrogen-bond donors (Lipinski definition) is 2. The molecule has 37 heavy (non-hydrogen) atoms. The molecule has 3 aromatic carbocycles. The predicted molar refractivity (Wildman–Crippen MR) is 133 cm³/mol. The quantitative estimate of drug-likeness (QED) is 0.354. The number of allylic oxidation sites excluding steroid dienone is 2. The van der Waals surface area contributed by atoms with Gasteiger partial charge in [0.1, 0.15) is 0 Å². The minimum atomic E-state index is -4.71. The van der Waals surface area contributed by atoms with E-state index in [1.165, 1.54) is 12.1 Å². The first-order valence-corrected chi connectivity index (χ1v) is 13.3. The third-order valence-electron chi connectivity index (χ3n) is 6.92. The minimum absolute atomic E-state index is 0.0301. The number of fused-ring (bicyclic) bond motifs is 4. The van der Waals surface area contributed by atoms with E-state index in [0.29, 0.717) is 17.6 Å². The molecule has 6 rings (SSSR count). The van der Waals surface area contributed by atoms with Crippen LogP contribution < -0.4 is 19.5 Å². The molecular formula is C26H20ClF3N2O4S. The van der Waals surface area contributed by atoms with Crippen LogP contribution in [0.3, 0.4) is 0 Å². The van der Waals surface area contributed by atoms with E-state index in [0.717, 1.165) is 29.3 Å². The summed E-state index contributed by atoms with van der Waals surface area (Å²) in [5.74, 6) is 1.50. The molecule has 11 heteroatoms. The highest BCUT2D eigenvalue weighted by Gasteiger charge is 2.39. The van der Waals surface area contributed by atoms with Crippen molar-refractivity contribution in [1.82, 2.24) is 0 Å². The molecule has 3 aliphatic rings. The smallest absolute Gasteiger partial charge is 0.417 e. The van der Waals surface area contributed by atoms with Crippen molar-refractivity contribution in [2.75, 3.05) is 16.8 Å². The van der Waals surface area contributed by atoms with Gasteiger partial charge in [-0.25, -0.2) is 8.42 Å². The van der Waals surface area contributed by atoms with Crippen LogP contribution in [-0.2, 0) is 16.2 Å². The summed E-state index contributed by atoms with van der Waals surface area (Å²) >= 11 is 5.66. The van der Waals surface area contributed by atoms with Gasteiger partial charge in [0.25, 0.3) is 10.0 Å². The fraction of sp³-hybridized carbons (Fsp3) is 0.231. The second kappa shape index (κ2) is 8.59. The third kappa shape index (κ3) is 4.27. The summed E-state index contributed by atoms with van der Waals surface area (Å²) in [6, 6.07) is 13.4. The van der Waals surface area contributed by atoms with E-state index in [1.54, 1.807) is 12.1 Å². The SMILES string of the molecule is O=S(=O)(Nc1ccc(Cl)c(C(F)(F)F)c1)c1ccc2c(c1)[C@H]1C=CC[C@H]1[C@@H](c1ccc3c(c1)OCO3)N2. The topological polar surface area (TPSA) is 76.7 Å². The monoisotopic (exact) mass is 548 g/mol. The lowest BCUT2D eigenvalue weighted by molar-refractivity contribution is -0.137. The molecule has 0 saturated carbocycles. The minimum Gasteiger partial charge on any atom is -0.454 e. The van der Waals surface area contributed by atoms with E-state index >= 15 is 0 Å². The van der Waals surface area contributed by atoms with Gasteiger partial charge in [0.05, 0.1) is 21.5 Å². The van der Waals surface area contributed by atoms with E-state index in [1.807, 2.05) is 18.2 Å². The van der Waals surface area contributed by atoms with E-state index in [9.17, 15) is 21.6 Å². The van der Waals surface area contributed by atoms with Crippen LogP contribution in [0, 0.1) is 5.92 Å². The number of nitrogens with one attached hydrogen (secondary N) is 2. The summed E-state index contributed by atoms with van der Waals surface area (Å²) in [5, 5.41) is 3.04. The molecule has 3 atom stereocenters. The van der Waals surface area contributed by atoms with Crippen molar-refractivity contribution < 1.29 is 31.1 Å². The van der Waals surface area contributed by atoms with Crippen molar-refractivity contribution in [3.8, 4) is 11.5 Å². The molecule has 2 N–H and O–H groups in total. The van der Waals surface area contributed by atoms with Crippen LogP contribution >= 0.6 is 11.6 Å². The summed E-state index contributed by atoms with van der Waals surface area (Å²) in [5.41, 5.74) is 1.30. The van der Waals surface area contributed by atoms with Crippen LogP contribution in [-0.4, -0.2) is 15.2 Å². The highest BCUT2D eigenvalue weighted by atomic mass is 35.5. The molecule has 0 bridgehead atoms.